The zero-order chi connectivity index (χ0) is 28.2. The van der Waals surface area contributed by atoms with Gasteiger partial charge in [0.15, 0.2) is 11.6 Å². The van der Waals surface area contributed by atoms with E-state index in [0.717, 1.165) is 16.2 Å². The maximum Gasteiger partial charge on any atom is 0.319 e. The Morgan fingerprint density at radius 1 is 1.13 bits per heavy atom. The molecule has 0 radical (unpaired) electrons. The summed E-state index contributed by atoms with van der Waals surface area (Å²) < 4.78 is 33.4. The minimum absolute atomic E-state index is 0.000572. The Labute approximate surface area is 223 Å². The SMILES string of the molecule is COc1cc2nc(C(C)(C)NC(=O)Nc3ccc4c(c3)C(=O)N(C3CCC(=O)NC3=O)C4=O)sc2c(F)c1F. The number of ether oxygens (including phenoxy) is 1. The van der Waals surface area contributed by atoms with Gasteiger partial charge in [0.1, 0.15) is 11.0 Å². The molecule has 2 aromatic carbocycles. The van der Waals surface area contributed by atoms with Crippen molar-refractivity contribution in [1.29, 1.82) is 0 Å². The number of imide groups is 2. The monoisotopic (exact) mass is 557 g/mol. The second-order valence-electron chi connectivity index (χ2n) is 9.49. The van der Waals surface area contributed by atoms with Crippen molar-refractivity contribution in [3.8, 4) is 5.75 Å². The van der Waals surface area contributed by atoms with Gasteiger partial charge in [-0.3, -0.25) is 29.4 Å². The smallest absolute Gasteiger partial charge is 0.319 e. The number of methoxy groups -OCH3 is 1. The summed E-state index contributed by atoms with van der Waals surface area (Å²) in [6, 6.07) is 3.57. The molecule has 0 spiro atoms. The van der Waals surface area contributed by atoms with Crippen LogP contribution in [0.5, 0.6) is 5.75 Å². The summed E-state index contributed by atoms with van der Waals surface area (Å²) in [5.74, 6) is -5.11. The first kappa shape index (κ1) is 26.2. The lowest BCUT2D eigenvalue weighted by Crippen LogP contribution is -2.54. The van der Waals surface area contributed by atoms with Crippen LogP contribution in [0, 0.1) is 11.6 Å². The van der Waals surface area contributed by atoms with E-state index in [4.69, 9.17) is 4.74 Å². The molecule has 0 bridgehead atoms. The number of nitrogens with zero attached hydrogens (tertiary/aromatic N) is 2. The van der Waals surface area contributed by atoms with E-state index >= 15 is 0 Å². The third-order valence-corrected chi connectivity index (χ3v) is 7.80. The highest BCUT2D eigenvalue weighted by Gasteiger charge is 2.44. The number of anilines is 1. The van der Waals surface area contributed by atoms with Crippen LogP contribution in [0.4, 0.5) is 19.3 Å². The molecule has 6 amide bonds. The Morgan fingerprint density at radius 2 is 1.85 bits per heavy atom. The largest absolute Gasteiger partial charge is 0.493 e. The molecule has 1 fully saturated rings. The Balaban J connectivity index is 1.33. The first-order valence-electron chi connectivity index (χ1n) is 11.7. The Morgan fingerprint density at radius 3 is 2.54 bits per heavy atom. The number of hydrogen-bond acceptors (Lipinski definition) is 8. The molecule has 3 N–H and O–H groups in total. The fraction of sp³-hybridized carbons (Fsp3) is 0.280. The standard InChI is InChI=1S/C25H21F2N5O6S/c1-25(2,23-29-13-9-15(38-3)17(26)18(27)19(13)39-23)31-24(37)28-10-4-5-11-12(8-10)22(36)32(21(11)35)14-6-7-16(33)30-20(14)34/h4-5,8-9,14H,6-7H2,1-3H3,(H2,28,31,37)(H,30,33,34). The first-order chi connectivity index (χ1) is 18.4. The van der Waals surface area contributed by atoms with Gasteiger partial charge in [-0.25, -0.2) is 14.2 Å². The fourth-order valence-corrected chi connectivity index (χ4v) is 5.48. The molecule has 1 atom stereocenters. The lowest BCUT2D eigenvalue weighted by molar-refractivity contribution is -0.136. The van der Waals surface area contributed by atoms with Crippen molar-refractivity contribution in [3.63, 3.8) is 0 Å². The van der Waals surface area contributed by atoms with Gasteiger partial charge in [-0.1, -0.05) is 0 Å². The number of carbonyl (C=O) groups excluding carboxylic acids is 5. The summed E-state index contributed by atoms with van der Waals surface area (Å²) in [5, 5.41) is 7.71. The second kappa shape index (κ2) is 9.38. The van der Waals surface area contributed by atoms with Gasteiger partial charge in [-0.05, 0) is 38.5 Å². The number of thiazole rings is 1. The average molecular weight is 558 g/mol. The van der Waals surface area contributed by atoms with E-state index in [1.165, 1.54) is 31.4 Å². The van der Waals surface area contributed by atoms with E-state index < -0.39 is 52.9 Å². The molecule has 3 heterocycles. The molecule has 2 aliphatic heterocycles. The van der Waals surface area contributed by atoms with Crippen molar-refractivity contribution in [2.24, 2.45) is 0 Å². The zero-order valence-corrected chi connectivity index (χ0v) is 21.6. The Bertz CT molecular complexity index is 1600. The highest BCUT2D eigenvalue weighted by Crippen LogP contribution is 2.36. The number of aromatic nitrogens is 1. The van der Waals surface area contributed by atoms with Crippen molar-refractivity contribution < 1.29 is 37.5 Å². The van der Waals surface area contributed by atoms with E-state index in [1.807, 2.05) is 0 Å². The number of halogens is 2. The number of carbonyl (C=O) groups is 5. The van der Waals surface area contributed by atoms with Gasteiger partial charge >= 0.3 is 6.03 Å². The summed E-state index contributed by atoms with van der Waals surface area (Å²) in [4.78, 5) is 67.5. The van der Waals surface area contributed by atoms with Gasteiger partial charge in [0.2, 0.25) is 17.6 Å². The zero-order valence-electron chi connectivity index (χ0n) is 20.8. The molecule has 1 saturated heterocycles. The van der Waals surface area contributed by atoms with Crippen LogP contribution < -0.4 is 20.7 Å². The predicted octanol–water partition coefficient (Wildman–Crippen LogP) is 3.04. The predicted molar refractivity (Wildman–Crippen MR) is 134 cm³/mol. The van der Waals surface area contributed by atoms with Crippen LogP contribution in [0.15, 0.2) is 24.3 Å². The molecule has 5 rings (SSSR count). The maximum atomic E-state index is 14.5. The van der Waals surface area contributed by atoms with Crippen molar-refractivity contribution >= 4 is 56.9 Å². The quantitative estimate of drug-likeness (QED) is 0.409. The summed E-state index contributed by atoms with van der Waals surface area (Å²) in [5.41, 5.74) is -0.692. The normalized spacial score (nSPS) is 17.4. The average Bonchev–Trinajstić information content (AvgIpc) is 3.41. The third kappa shape index (κ3) is 4.46. The summed E-state index contributed by atoms with van der Waals surface area (Å²) in [6.45, 7) is 3.25. The van der Waals surface area contributed by atoms with Gasteiger partial charge in [0.25, 0.3) is 11.8 Å². The van der Waals surface area contributed by atoms with Crippen molar-refractivity contribution in [2.75, 3.05) is 12.4 Å². The number of hydrogen-bond donors (Lipinski definition) is 3. The summed E-state index contributed by atoms with van der Waals surface area (Å²) in [7, 11) is 1.21. The molecular weight excluding hydrogens is 536 g/mol. The molecule has 202 valence electrons. The molecule has 14 heteroatoms. The van der Waals surface area contributed by atoms with Crippen molar-refractivity contribution in [2.45, 2.75) is 38.3 Å². The minimum atomic E-state index is -1.13. The van der Waals surface area contributed by atoms with Crippen LogP contribution in [0.1, 0.15) is 52.4 Å². The fourth-order valence-electron chi connectivity index (χ4n) is 4.45. The Hall–Kier alpha value is -4.46. The van der Waals surface area contributed by atoms with E-state index in [-0.39, 0.29) is 45.6 Å². The van der Waals surface area contributed by atoms with Crippen molar-refractivity contribution in [3.05, 3.63) is 52.0 Å². The maximum absolute atomic E-state index is 14.5. The lowest BCUT2D eigenvalue weighted by atomic mass is 10.0. The van der Waals surface area contributed by atoms with Crippen LogP contribution in [0.3, 0.4) is 0 Å². The molecule has 0 saturated carbocycles. The van der Waals surface area contributed by atoms with Crippen LogP contribution in [0.2, 0.25) is 0 Å². The number of rotatable bonds is 5. The van der Waals surface area contributed by atoms with Gasteiger partial charge in [-0.15, -0.1) is 11.3 Å². The van der Waals surface area contributed by atoms with Gasteiger partial charge in [0, 0.05) is 18.2 Å². The summed E-state index contributed by atoms with van der Waals surface area (Å²) >= 11 is 0.878. The summed E-state index contributed by atoms with van der Waals surface area (Å²) in [6.07, 6.45) is 0.0180. The molecule has 0 aliphatic carbocycles. The van der Waals surface area contributed by atoms with E-state index in [9.17, 15) is 32.8 Å². The second-order valence-corrected chi connectivity index (χ2v) is 10.5. The number of urea groups is 1. The van der Waals surface area contributed by atoms with Gasteiger partial charge in [-0.2, -0.15) is 4.39 Å². The van der Waals surface area contributed by atoms with Crippen LogP contribution >= 0.6 is 11.3 Å². The molecule has 2 aliphatic rings. The highest BCUT2D eigenvalue weighted by atomic mass is 32.1. The van der Waals surface area contributed by atoms with Crippen LogP contribution in [0.25, 0.3) is 10.2 Å². The van der Waals surface area contributed by atoms with E-state index in [2.05, 4.69) is 20.9 Å². The molecular formula is C25H21F2N5O6S. The number of amides is 6. The first-order valence-corrected chi connectivity index (χ1v) is 12.5. The van der Waals surface area contributed by atoms with Gasteiger partial charge < -0.3 is 15.4 Å². The highest BCUT2D eigenvalue weighted by molar-refractivity contribution is 7.18. The van der Waals surface area contributed by atoms with E-state index in [0.29, 0.717) is 5.01 Å². The molecule has 1 aromatic heterocycles. The van der Waals surface area contributed by atoms with Crippen LogP contribution in [-0.2, 0) is 15.1 Å². The topological polar surface area (TPSA) is 147 Å². The number of piperidine rings is 1. The van der Waals surface area contributed by atoms with Gasteiger partial charge in [0.05, 0.1) is 34.0 Å². The van der Waals surface area contributed by atoms with E-state index in [1.54, 1.807) is 13.8 Å². The van der Waals surface area contributed by atoms with Crippen LogP contribution in [-0.4, -0.2) is 52.7 Å². The number of fused-ring (bicyclic) bond motifs is 2. The minimum Gasteiger partial charge on any atom is -0.493 e. The molecule has 1 unspecified atom stereocenters. The lowest BCUT2D eigenvalue weighted by Gasteiger charge is -2.27. The molecule has 11 nitrogen and oxygen atoms in total. The molecule has 39 heavy (non-hydrogen) atoms. The third-order valence-electron chi connectivity index (χ3n) is 6.41. The Kier molecular flexibility index (Phi) is 6.29. The number of nitrogens with one attached hydrogen (secondary N) is 3. The van der Waals surface area contributed by atoms with Crippen molar-refractivity contribution in [1.82, 2.24) is 20.5 Å². The molecule has 3 aromatic rings. The number of benzene rings is 2.